The first kappa shape index (κ1) is 6.91. The number of halogens is 2. The maximum atomic E-state index is 10.7. The van der Waals surface area contributed by atoms with Crippen LogP contribution in [-0.2, 0) is 0 Å². The van der Waals surface area contributed by atoms with Crippen molar-refractivity contribution in [2.45, 2.75) is 0 Å². The van der Waals surface area contributed by atoms with Gasteiger partial charge in [-0.3, -0.25) is 0 Å². The van der Waals surface area contributed by atoms with E-state index in [1.165, 1.54) is 0 Å². The molecule has 1 rings (SSSR count). The van der Waals surface area contributed by atoms with Gasteiger partial charge in [-0.05, 0) is 43.9 Å². The predicted molar refractivity (Wildman–Crippen MR) is 50.5 cm³/mol. The van der Waals surface area contributed by atoms with Gasteiger partial charge in [0.25, 0.3) is 0 Å². The monoisotopic (exact) mass is 296 g/mol. The van der Waals surface area contributed by atoms with Gasteiger partial charge >= 0.3 is 5.97 Å². The number of carbonyl (C=O) groups is 1. The Morgan fingerprint density at radius 1 is 1.42 bits per heavy atom. The van der Waals surface area contributed by atoms with Gasteiger partial charge in [-0.2, -0.15) is 0 Å². The molecule has 12 heavy (non-hydrogen) atoms. The molecule has 0 amide bonds. The van der Waals surface area contributed by atoms with Crippen molar-refractivity contribution < 1.29 is 17.7 Å². The van der Waals surface area contributed by atoms with Crippen LogP contribution in [0.2, 0.25) is 0 Å². The van der Waals surface area contributed by atoms with Crippen LogP contribution in [0.5, 0.6) is 5.75 Å². The Kier molecular flexibility index (Phi) is 1.99. The van der Waals surface area contributed by atoms with E-state index < -0.39 is 23.6 Å². The van der Waals surface area contributed by atoms with Crippen LogP contribution >= 0.6 is 31.9 Å². The lowest BCUT2D eigenvalue weighted by Crippen LogP contribution is -1.95. The van der Waals surface area contributed by atoms with Gasteiger partial charge in [-0.15, -0.1) is 0 Å². The van der Waals surface area contributed by atoms with Crippen LogP contribution in [-0.4, -0.2) is 16.2 Å². The molecule has 5 heteroatoms. The molecule has 2 N–H and O–H groups in total. The highest BCUT2D eigenvalue weighted by Gasteiger charge is 2.09. The molecule has 0 saturated carbocycles. The molecule has 0 atom stereocenters. The van der Waals surface area contributed by atoms with Gasteiger partial charge in [0.05, 0.1) is 17.3 Å². The van der Waals surface area contributed by atoms with E-state index in [0.29, 0.717) is 0 Å². The summed E-state index contributed by atoms with van der Waals surface area (Å²) in [5, 5.41) is 18.1. The number of rotatable bonds is 1. The highest BCUT2D eigenvalue weighted by molar-refractivity contribution is 9.11. The fraction of sp³-hybridized carbons (Fsp3) is 0. The van der Waals surface area contributed by atoms with Crippen molar-refractivity contribution in [1.82, 2.24) is 0 Å². The summed E-state index contributed by atoms with van der Waals surface area (Å²) in [6, 6.07) is -0.827. The number of carboxylic acid groups (broad SMARTS) is 1. The third-order valence-corrected chi connectivity index (χ3v) is 2.25. The van der Waals surface area contributed by atoms with Gasteiger partial charge in [-0.25, -0.2) is 4.79 Å². The first-order valence-corrected chi connectivity index (χ1v) is 4.37. The summed E-state index contributed by atoms with van der Waals surface area (Å²) in [6.45, 7) is 0. The van der Waals surface area contributed by atoms with Crippen LogP contribution in [0.4, 0.5) is 0 Å². The van der Waals surface area contributed by atoms with Crippen LogP contribution < -0.4 is 0 Å². The average Bonchev–Trinajstić information content (AvgIpc) is 2.11. The van der Waals surface area contributed by atoms with Crippen LogP contribution in [0.25, 0.3) is 0 Å². The summed E-state index contributed by atoms with van der Waals surface area (Å²) in [7, 11) is 0. The molecule has 0 aromatic heterocycles. The first-order chi connectivity index (χ1) is 6.37. The number of hydrogen-bond donors (Lipinski definition) is 2. The third kappa shape index (κ3) is 1.78. The zero-order valence-electron chi connectivity index (χ0n) is 7.56. The maximum absolute atomic E-state index is 10.7. The summed E-state index contributed by atoms with van der Waals surface area (Å²) in [6.07, 6.45) is 0. The zero-order chi connectivity index (χ0) is 11.0. The molecule has 1 aromatic carbocycles. The van der Waals surface area contributed by atoms with E-state index in [0.717, 1.165) is 0 Å². The van der Waals surface area contributed by atoms with Gasteiger partial charge in [0.15, 0.2) is 0 Å². The van der Waals surface area contributed by atoms with Gasteiger partial charge in [-0.1, -0.05) is 0 Å². The second-order valence-electron chi connectivity index (χ2n) is 1.91. The summed E-state index contributed by atoms with van der Waals surface area (Å²) in [5.74, 6) is -1.72. The Labute approximate surface area is 88.1 Å². The van der Waals surface area contributed by atoms with Crippen LogP contribution in [0.1, 0.15) is 13.1 Å². The van der Waals surface area contributed by atoms with Crippen molar-refractivity contribution in [2.24, 2.45) is 0 Å². The summed E-state index contributed by atoms with van der Waals surface area (Å²) < 4.78 is 14.7. The number of aromatic hydroxyl groups is 1. The normalized spacial score (nSPS) is 12.2. The van der Waals surface area contributed by atoms with Gasteiger partial charge < -0.3 is 10.2 Å². The van der Waals surface area contributed by atoms with E-state index in [1.807, 2.05) is 0 Å². The fourth-order valence-electron chi connectivity index (χ4n) is 0.572. The lowest BCUT2D eigenvalue weighted by atomic mass is 10.2. The Morgan fingerprint density at radius 2 is 1.83 bits per heavy atom. The van der Waals surface area contributed by atoms with E-state index in [4.69, 9.17) is 7.85 Å². The molecule has 0 fully saturated rings. The minimum absolute atomic E-state index is 0.0437. The molecular weight excluding hydrogens is 292 g/mol. The molecule has 0 spiro atoms. The molecule has 0 aliphatic rings. The van der Waals surface area contributed by atoms with Gasteiger partial charge in [0, 0.05) is 0 Å². The van der Waals surface area contributed by atoms with E-state index in [-0.39, 0.29) is 14.7 Å². The fourth-order valence-corrected chi connectivity index (χ4v) is 1.63. The standard InChI is InChI=1S/C7H4Br2O3/c8-4-1-3(7(11)12)2-5(9)6(4)10/h1-2,10H,(H,11,12)/i1D,2D. The van der Waals surface area contributed by atoms with Crippen LogP contribution in [0.3, 0.4) is 0 Å². The molecule has 0 bridgehead atoms. The molecule has 0 aliphatic carbocycles. The lowest BCUT2D eigenvalue weighted by molar-refractivity contribution is 0.0696. The molecule has 0 aliphatic heterocycles. The van der Waals surface area contributed by atoms with Crippen molar-refractivity contribution in [3.8, 4) is 5.75 Å². The number of phenolic OH excluding ortho intramolecular Hbond substituents is 1. The number of carboxylic acids is 1. The second-order valence-corrected chi connectivity index (χ2v) is 3.49. The molecule has 1 aromatic rings. The van der Waals surface area contributed by atoms with E-state index >= 15 is 0 Å². The van der Waals surface area contributed by atoms with Crippen molar-refractivity contribution in [2.75, 3.05) is 0 Å². The van der Waals surface area contributed by atoms with Crippen molar-refractivity contribution in [3.63, 3.8) is 0 Å². The molecule has 0 saturated heterocycles. The summed E-state index contributed by atoms with van der Waals surface area (Å²) >= 11 is 5.74. The van der Waals surface area contributed by atoms with E-state index in [2.05, 4.69) is 31.9 Å². The molecule has 0 unspecified atom stereocenters. The average molecular weight is 298 g/mol. The third-order valence-electron chi connectivity index (χ3n) is 1.10. The zero-order valence-corrected chi connectivity index (χ0v) is 8.73. The minimum atomic E-state index is -1.37. The van der Waals surface area contributed by atoms with Crippen molar-refractivity contribution >= 4 is 37.8 Å². The highest BCUT2D eigenvalue weighted by Crippen LogP contribution is 2.33. The molecule has 0 heterocycles. The largest absolute Gasteiger partial charge is 0.506 e. The first-order valence-electron chi connectivity index (χ1n) is 3.78. The quantitative estimate of drug-likeness (QED) is 0.838. The van der Waals surface area contributed by atoms with Gasteiger partial charge in [0.1, 0.15) is 5.75 Å². The maximum Gasteiger partial charge on any atom is 0.335 e. The Bertz CT molecular complexity index is 391. The van der Waals surface area contributed by atoms with Crippen molar-refractivity contribution in [1.29, 1.82) is 0 Å². The van der Waals surface area contributed by atoms with E-state index in [9.17, 15) is 9.90 Å². The highest BCUT2D eigenvalue weighted by atomic mass is 79.9. The summed E-state index contributed by atoms with van der Waals surface area (Å²) in [4.78, 5) is 10.7. The SMILES string of the molecule is [2H]c1c(Br)c(O)c(Br)c([2H])c1C(=O)O. The topological polar surface area (TPSA) is 57.5 Å². The molecule has 64 valence electrons. The summed E-state index contributed by atoms with van der Waals surface area (Å²) in [5.41, 5.74) is -0.457. The molecule has 3 nitrogen and oxygen atoms in total. The van der Waals surface area contributed by atoms with E-state index in [1.54, 1.807) is 0 Å². The van der Waals surface area contributed by atoms with Gasteiger partial charge in [0.2, 0.25) is 0 Å². The predicted octanol–water partition coefficient (Wildman–Crippen LogP) is 2.62. The van der Waals surface area contributed by atoms with Crippen LogP contribution in [0.15, 0.2) is 21.0 Å². The molecular formula is C7H4Br2O3. The lowest BCUT2D eigenvalue weighted by Gasteiger charge is -2.01. The minimum Gasteiger partial charge on any atom is -0.506 e. The smallest absolute Gasteiger partial charge is 0.335 e. The number of phenols is 1. The second kappa shape index (κ2) is 3.45. The Hall–Kier alpha value is -0.550. The van der Waals surface area contributed by atoms with Crippen molar-refractivity contribution in [3.05, 3.63) is 26.6 Å². The van der Waals surface area contributed by atoms with Crippen LogP contribution in [0, 0.1) is 0 Å². The Morgan fingerprint density at radius 3 is 2.17 bits per heavy atom. The number of benzene rings is 1. The molecule has 0 radical (unpaired) electrons. The Balaban J connectivity index is 3.68. The number of hydrogen-bond acceptors (Lipinski definition) is 2. The number of aromatic carboxylic acids is 1.